The average Bonchev–Trinajstić information content (AvgIpc) is 3.08. The standard InChI is InChI=1S/C25H25N3O5/c1-25(19-7-8-20-21(15-19)33-14-13-32-20)23(30)28(24(31)26-25)16-22(29)27-11-9-18(10-12-27)17-5-3-2-4-6-17/h2-9,15H,10-14,16H2,1H3,(H,26,31). The van der Waals surface area contributed by atoms with Crippen LogP contribution in [0.25, 0.3) is 5.57 Å². The molecule has 1 atom stereocenters. The smallest absolute Gasteiger partial charge is 0.325 e. The van der Waals surface area contributed by atoms with Crippen molar-refractivity contribution < 1.29 is 23.9 Å². The summed E-state index contributed by atoms with van der Waals surface area (Å²) in [5.74, 6) is 0.416. The highest BCUT2D eigenvalue weighted by Gasteiger charge is 2.50. The van der Waals surface area contributed by atoms with Crippen molar-refractivity contribution in [3.8, 4) is 11.5 Å². The van der Waals surface area contributed by atoms with Gasteiger partial charge in [0.1, 0.15) is 25.3 Å². The van der Waals surface area contributed by atoms with E-state index in [1.165, 1.54) is 5.57 Å². The Balaban J connectivity index is 1.28. The molecule has 1 unspecified atom stereocenters. The predicted octanol–water partition coefficient (Wildman–Crippen LogP) is 2.54. The zero-order valence-corrected chi connectivity index (χ0v) is 18.4. The molecule has 0 spiro atoms. The Hall–Kier alpha value is -3.81. The molecule has 0 radical (unpaired) electrons. The molecule has 0 aliphatic carbocycles. The highest BCUT2D eigenvalue weighted by Crippen LogP contribution is 2.37. The predicted molar refractivity (Wildman–Crippen MR) is 121 cm³/mol. The fourth-order valence-corrected chi connectivity index (χ4v) is 4.44. The molecule has 1 fully saturated rings. The highest BCUT2D eigenvalue weighted by molar-refractivity contribution is 6.09. The van der Waals surface area contributed by atoms with Crippen LogP contribution in [0, 0.1) is 0 Å². The number of hydrogen-bond donors (Lipinski definition) is 1. The van der Waals surface area contributed by atoms with Gasteiger partial charge in [0, 0.05) is 13.1 Å². The van der Waals surface area contributed by atoms with Crippen molar-refractivity contribution in [1.82, 2.24) is 15.1 Å². The molecular weight excluding hydrogens is 422 g/mol. The molecule has 2 aromatic carbocycles. The number of imide groups is 1. The molecule has 1 saturated heterocycles. The number of urea groups is 1. The minimum Gasteiger partial charge on any atom is -0.486 e. The van der Waals surface area contributed by atoms with Crippen LogP contribution in [-0.2, 0) is 15.1 Å². The first-order valence-electron chi connectivity index (χ1n) is 11.0. The Kier molecular flexibility index (Phi) is 5.28. The number of amides is 4. The first-order chi connectivity index (χ1) is 16.0. The largest absolute Gasteiger partial charge is 0.486 e. The number of hydrogen-bond acceptors (Lipinski definition) is 5. The maximum absolute atomic E-state index is 13.2. The van der Waals surface area contributed by atoms with Crippen LogP contribution in [0.3, 0.4) is 0 Å². The van der Waals surface area contributed by atoms with Crippen molar-refractivity contribution in [2.45, 2.75) is 18.9 Å². The summed E-state index contributed by atoms with van der Waals surface area (Å²) in [7, 11) is 0. The molecule has 3 aliphatic rings. The van der Waals surface area contributed by atoms with Crippen molar-refractivity contribution >= 4 is 23.4 Å². The molecule has 1 N–H and O–H groups in total. The van der Waals surface area contributed by atoms with Crippen LogP contribution in [0.1, 0.15) is 24.5 Å². The number of nitrogens with zero attached hydrogens (tertiary/aromatic N) is 2. The summed E-state index contributed by atoms with van der Waals surface area (Å²) in [5.41, 5.74) is 1.64. The third-order valence-corrected chi connectivity index (χ3v) is 6.39. The Labute approximate surface area is 191 Å². The van der Waals surface area contributed by atoms with E-state index in [1.54, 1.807) is 30.0 Å². The molecule has 170 valence electrons. The van der Waals surface area contributed by atoms with Gasteiger partial charge in [-0.05, 0) is 42.2 Å². The van der Waals surface area contributed by atoms with Gasteiger partial charge < -0.3 is 19.7 Å². The summed E-state index contributed by atoms with van der Waals surface area (Å²) in [6.45, 7) is 3.23. The molecule has 33 heavy (non-hydrogen) atoms. The number of fused-ring (bicyclic) bond motifs is 1. The lowest BCUT2D eigenvalue weighted by Gasteiger charge is -2.28. The molecule has 3 aliphatic heterocycles. The number of carbonyl (C=O) groups is 3. The SMILES string of the molecule is CC1(c2ccc3c(c2)OCCO3)NC(=O)N(CC(=O)N2CC=C(c3ccccc3)CC2)C1=O. The second-order valence-corrected chi connectivity index (χ2v) is 8.49. The summed E-state index contributed by atoms with van der Waals surface area (Å²) in [6, 6.07) is 14.6. The van der Waals surface area contributed by atoms with Crippen molar-refractivity contribution in [2.24, 2.45) is 0 Å². The van der Waals surface area contributed by atoms with Gasteiger partial charge in [-0.2, -0.15) is 0 Å². The summed E-state index contributed by atoms with van der Waals surface area (Å²) in [6.07, 6.45) is 2.76. The summed E-state index contributed by atoms with van der Waals surface area (Å²) in [4.78, 5) is 41.5. The van der Waals surface area contributed by atoms with Gasteiger partial charge in [-0.25, -0.2) is 4.79 Å². The first kappa shape index (κ1) is 21.1. The second kappa shape index (κ2) is 8.27. The van der Waals surface area contributed by atoms with E-state index in [1.807, 2.05) is 24.3 Å². The summed E-state index contributed by atoms with van der Waals surface area (Å²) >= 11 is 0. The number of nitrogens with one attached hydrogen (secondary N) is 1. The minimum atomic E-state index is -1.28. The van der Waals surface area contributed by atoms with Crippen LogP contribution in [0.5, 0.6) is 11.5 Å². The molecule has 2 aromatic rings. The number of ether oxygens (including phenoxy) is 2. The van der Waals surface area contributed by atoms with E-state index >= 15 is 0 Å². The van der Waals surface area contributed by atoms with Gasteiger partial charge in [-0.15, -0.1) is 0 Å². The van der Waals surface area contributed by atoms with Crippen LogP contribution in [0.2, 0.25) is 0 Å². The molecule has 8 nitrogen and oxygen atoms in total. The fourth-order valence-electron chi connectivity index (χ4n) is 4.44. The number of benzene rings is 2. The minimum absolute atomic E-state index is 0.256. The first-order valence-corrected chi connectivity index (χ1v) is 11.0. The van der Waals surface area contributed by atoms with Gasteiger partial charge in [-0.1, -0.05) is 42.5 Å². The van der Waals surface area contributed by atoms with E-state index in [9.17, 15) is 14.4 Å². The Bertz CT molecular complexity index is 1150. The van der Waals surface area contributed by atoms with Gasteiger partial charge in [0.15, 0.2) is 11.5 Å². The molecular formula is C25H25N3O5. The highest BCUT2D eigenvalue weighted by atomic mass is 16.6. The molecule has 0 saturated carbocycles. The average molecular weight is 447 g/mol. The van der Waals surface area contributed by atoms with Crippen LogP contribution >= 0.6 is 0 Å². The lowest BCUT2D eigenvalue weighted by molar-refractivity contribution is -0.138. The van der Waals surface area contributed by atoms with Gasteiger partial charge in [0.25, 0.3) is 5.91 Å². The van der Waals surface area contributed by atoms with E-state index in [0.717, 1.165) is 16.9 Å². The zero-order chi connectivity index (χ0) is 23.0. The third-order valence-electron chi connectivity index (χ3n) is 6.39. The monoisotopic (exact) mass is 447 g/mol. The molecule has 8 heteroatoms. The lowest BCUT2D eigenvalue weighted by Crippen LogP contribution is -2.45. The molecule has 5 rings (SSSR count). The van der Waals surface area contributed by atoms with Crippen LogP contribution in [-0.4, -0.2) is 60.5 Å². The summed E-state index contributed by atoms with van der Waals surface area (Å²) < 4.78 is 11.1. The fraction of sp³-hybridized carbons (Fsp3) is 0.320. The topological polar surface area (TPSA) is 88.2 Å². The molecule has 3 heterocycles. The Morgan fingerprint density at radius 3 is 2.55 bits per heavy atom. The van der Waals surface area contributed by atoms with Crippen LogP contribution in [0.15, 0.2) is 54.6 Å². The van der Waals surface area contributed by atoms with Gasteiger partial charge in [0.2, 0.25) is 5.91 Å². The van der Waals surface area contributed by atoms with Gasteiger partial charge in [0.05, 0.1) is 0 Å². The van der Waals surface area contributed by atoms with E-state index in [4.69, 9.17) is 9.47 Å². The quantitative estimate of drug-likeness (QED) is 0.728. The van der Waals surface area contributed by atoms with Crippen molar-refractivity contribution in [1.29, 1.82) is 0 Å². The zero-order valence-electron chi connectivity index (χ0n) is 18.4. The second-order valence-electron chi connectivity index (χ2n) is 8.49. The van der Waals surface area contributed by atoms with Crippen molar-refractivity contribution in [3.05, 3.63) is 65.7 Å². The molecule has 0 bridgehead atoms. The van der Waals surface area contributed by atoms with E-state index in [2.05, 4.69) is 17.4 Å². The van der Waals surface area contributed by atoms with Crippen LogP contribution < -0.4 is 14.8 Å². The van der Waals surface area contributed by atoms with E-state index < -0.39 is 17.5 Å². The van der Waals surface area contributed by atoms with Crippen molar-refractivity contribution in [3.63, 3.8) is 0 Å². The third kappa shape index (κ3) is 3.82. The normalized spacial score (nSPS) is 22.2. The van der Waals surface area contributed by atoms with E-state index in [0.29, 0.717) is 43.4 Å². The lowest BCUT2D eigenvalue weighted by atomic mass is 9.91. The Morgan fingerprint density at radius 2 is 1.82 bits per heavy atom. The maximum Gasteiger partial charge on any atom is 0.325 e. The number of rotatable bonds is 4. The molecule has 4 amide bonds. The maximum atomic E-state index is 13.2. The van der Waals surface area contributed by atoms with E-state index in [-0.39, 0.29) is 12.5 Å². The number of carbonyl (C=O) groups excluding carboxylic acids is 3. The summed E-state index contributed by atoms with van der Waals surface area (Å²) in [5, 5.41) is 2.75. The van der Waals surface area contributed by atoms with Crippen molar-refractivity contribution in [2.75, 3.05) is 32.8 Å². The van der Waals surface area contributed by atoms with Gasteiger partial charge >= 0.3 is 6.03 Å². The van der Waals surface area contributed by atoms with Gasteiger partial charge in [-0.3, -0.25) is 14.5 Å². The van der Waals surface area contributed by atoms with Crippen LogP contribution in [0.4, 0.5) is 4.79 Å². The molecule has 0 aromatic heterocycles. The Morgan fingerprint density at radius 1 is 1.06 bits per heavy atom.